The first kappa shape index (κ1) is 32.7. The molecule has 4 heterocycles. The number of ether oxygens (including phenoxy) is 1. The molecule has 0 radical (unpaired) electrons. The second kappa shape index (κ2) is 14.2. The van der Waals surface area contributed by atoms with Crippen LogP contribution < -0.4 is 10.2 Å². The minimum atomic E-state index is -4.73. The number of piperazine rings is 1. The van der Waals surface area contributed by atoms with Crippen molar-refractivity contribution < 1.29 is 31.9 Å². The fourth-order valence-corrected chi connectivity index (χ4v) is 6.49. The monoisotopic (exact) mass is 649 g/mol. The first-order valence-corrected chi connectivity index (χ1v) is 15.7. The van der Waals surface area contributed by atoms with E-state index in [4.69, 9.17) is 4.74 Å². The highest BCUT2D eigenvalue weighted by atomic mass is 32.1. The molecule has 0 spiro atoms. The third kappa shape index (κ3) is 8.32. The van der Waals surface area contributed by atoms with Gasteiger partial charge in [0.25, 0.3) is 5.91 Å². The number of hydrogen-bond donors (Lipinski definition) is 1. The summed E-state index contributed by atoms with van der Waals surface area (Å²) in [6.45, 7) is 8.92. The fraction of sp³-hybridized carbons (Fsp3) is 0.500. The lowest BCUT2D eigenvalue weighted by Crippen LogP contribution is -2.47. The number of alkyl halides is 3. The summed E-state index contributed by atoms with van der Waals surface area (Å²) in [4.78, 5) is 44.9. The smallest absolute Gasteiger partial charge is 0.416 e. The van der Waals surface area contributed by atoms with E-state index in [1.807, 2.05) is 4.90 Å². The third-order valence-electron chi connectivity index (χ3n) is 7.96. The maximum absolute atomic E-state index is 14.3. The second-order valence-electron chi connectivity index (χ2n) is 11.1. The Morgan fingerprint density at radius 1 is 1.09 bits per heavy atom. The van der Waals surface area contributed by atoms with Gasteiger partial charge < -0.3 is 9.64 Å². The van der Waals surface area contributed by atoms with Crippen LogP contribution in [-0.2, 0) is 22.3 Å². The standard InChI is InChI=1S/C30H35F4N7O3S/c1-3-44-26(42)6-8-39-9-11-40(12-10-39)25-17-35-23(16-36-25)28(43)38-29-37-27(24(45-29)18-41-7-4-5-19(41)2)20-13-21(30(32,33)34)15-22(31)14-20/h13-17,19H,3-12,18H2,1-2H3,(H,37,38,43)/t19-/m1/s1. The molecule has 0 saturated carbocycles. The van der Waals surface area contributed by atoms with Crippen molar-refractivity contribution in [3.05, 3.63) is 52.5 Å². The lowest BCUT2D eigenvalue weighted by Gasteiger charge is -2.35. The Bertz CT molecular complexity index is 1490. The van der Waals surface area contributed by atoms with E-state index in [1.54, 1.807) is 6.92 Å². The lowest BCUT2D eigenvalue weighted by atomic mass is 10.1. The molecule has 0 aliphatic carbocycles. The number of esters is 1. The number of nitrogens with zero attached hydrogens (tertiary/aromatic N) is 6. The number of benzene rings is 1. The first-order chi connectivity index (χ1) is 21.5. The van der Waals surface area contributed by atoms with Crippen LogP contribution in [0.25, 0.3) is 11.3 Å². The SMILES string of the molecule is CCOC(=O)CCN1CCN(c2cnc(C(=O)Nc3nc(-c4cc(F)cc(C(F)(F)F)c4)c(CN4CCC[C@H]4C)s3)cn2)CC1. The normalized spacial score (nSPS) is 17.9. The predicted octanol–water partition coefficient (Wildman–Crippen LogP) is 5.07. The number of thiazole rings is 1. The summed E-state index contributed by atoms with van der Waals surface area (Å²) in [5, 5.41) is 2.86. The van der Waals surface area contributed by atoms with E-state index >= 15 is 0 Å². The molecule has 3 aromatic rings. The zero-order valence-corrected chi connectivity index (χ0v) is 25.9. The van der Waals surface area contributed by atoms with Crippen LogP contribution in [0, 0.1) is 5.82 Å². The number of aromatic nitrogens is 3. The van der Waals surface area contributed by atoms with Crippen molar-refractivity contribution in [3.8, 4) is 11.3 Å². The zero-order chi connectivity index (χ0) is 32.1. The van der Waals surface area contributed by atoms with Gasteiger partial charge in [-0.05, 0) is 51.4 Å². The molecule has 0 unspecified atom stereocenters. The molecule has 2 aliphatic rings. The van der Waals surface area contributed by atoms with Gasteiger partial charge in [0.05, 0.1) is 36.7 Å². The van der Waals surface area contributed by atoms with E-state index < -0.39 is 23.5 Å². The number of halogens is 4. The molecule has 2 fully saturated rings. The largest absolute Gasteiger partial charge is 0.466 e. The minimum absolute atomic E-state index is 0.00828. The number of carbonyl (C=O) groups excluding carboxylic acids is 2. The summed E-state index contributed by atoms with van der Waals surface area (Å²) in [5.41, 5.74) is -0.873. The van der Waals surface area contributed by atoms with Gasteiger partial charge in [-0.25, -0.2) is 19.3 Å². The second-order valence-corrected chi connectivity index (χ2v) is 12.2. The predicted molar refractivity (Wildman–Crippen MR) is 162 cm³/mol. The number of hydrogen-bond acceptors (Lipinski definition) is 10. The quantitative estimate of drug-likeness (QED) is 0.238. The van der Waals surface area contributed by atoms with E-state index in [2.05, 4.69) is 37.0 Å². The van der Waals surface area contributed by atoms with Crippen LogP contribution >= 0.6 is 11.3 Å². The number of carbonyl (C=O) groups is 2. The first-order valence-electron chi connectivity index (χ1n) is 14.9. The van der Waals surface area contributed by atoms with E-state index in [-0.39, 0.29) is 34.1 Å². The van der Waals surface area contributed by atoms with Crippen LogP contribution in [-0.4, -0.2) is 88.5 Å². The topological polar surface area (TPSA) is 104 Å². The van der Waals surface area contributed by atoms with E-state index in [0.717, 1.165) is 55.9 Å². The molecule has 2 saturated heterocycles. The molecule has 242 valence electrons. The average molecular weight is 650 g/mol. The fourth-order valence-electron chi connectivity index (χ4n) is 5.49. The molecule has 1 atom stereocenters. The van der Waals surface area contributed by atoms with Crippen LogP contribution in [0.15, 0.2) is 30.6 Å². The van der Waals surface area contributed by atoms with Crippen LogP contribution in [0.2, 0.25) is 0 Å². The molecule has 10 nitrogen and oxygen atoms in total. The van der Waals surface area contributed by atoms with E-state index in [9.17, 15) is 27.2 Å². The number of rotatable bonds is 10. The number of amides is 1. The summed E-state index contributed by atoms with van der Waals surface area (Å²) in [6.07, 6.45) is 0.486. The minimum Gasteiger partial charge on any atom is -0.466 e. The molecular formula is C30H35F4N7O3S. The Labute approximate surface area is 262 Å². The zero-order valence-electron chi connectivity index (χ0n) is 25.1. The Balaban J connectivity index is 1.27. The highest BCUT2D eigenvalue weighted by Crippen LogP contribution is 2.38. The summed E-state index contributed by atoms with van der Waals surface area (Å²) in [7, 11) is 0. The van der Waals surface area contributed by atoms with Gasteiger partial charge in [-0.1, -0.05) is 11.3 Å². The number of likely N-dealkylation sites (tertiary alicyclic amines) is 1. The summed E-state index contributed by atoms with van der Waals surface area (Å²) < 4.78 is 59.7. The molecule has 0 bridgehead atoms. The van der Waals surface area contributed by atoms with Gasteiger partial charge >= 0.3 is 12.1 Å². The van der Waals surface area contributed by atoms with Crippen molar-refractivity contribution >= 4 is 34.2 Å². The lowest BCUT2D eigenvalue weighted by molar-refractivity contribution is -0.143. The third-order valence-corrected chi connectivity index (χ3v) is 8.91. The molecule has 2 aliphatic heterocycles. The van der Waals surface area contributed by atoms with Crippen LogP contribution in [0.1, 0.15) is 54.0 Å². The highest BCUT2D eigenvalue weighted by Gasteiger charge is 2.32. The highest BCUT2D eigenvalue weighted by molar-refractivity contribution is 7.16. The van der Waals surface area contributed by atoms with Gasteiger partial charge in [-0.2, -0.15) is 13.2 Å². The van der Waals surface area contributed by atoms with Gasteiger partial charge in [0.2, 0.25) is 0 Å². The molecule has 1 aromatic carbocycles. The van der Waals surface area contributed by atoms with Gasteiger partial charge in [0.1, 0.15) is 17.3 Å². The van der Waals surface area contributed by atoms with Gasteiger partial charge in [-0.15, -0.1) is 0 Å². The molecular weight excluding hydrogens is 614 g/mol. The van der Waals surface area contributed by atoms with Crippen molar-refractivity contribution in [2.75, 3.05) is 56.1 Å². The molecule has 2 aromatic heterocycles. The average Bonchev–Trinajstić information content (AvgIpc) is 3.61. The maximum Gasteiger partial charge on any atom is 0.416 e. The van der Waals surface area contributed by atoms with Crippen LogP contribution in [0.4, 0.5) is 28.5 Å². The van der Waals surface area contributed by atoms with Crippen molar-refractivity contribution in [1.82, 2.24) is 24.8 Å². The number of nitrogens with one attached hydrogen (secondary N) is 1. The Hall–Kier alpha value is -3.69. The Morgan fingerprint density at radius 3 is 2.51 bits per heavy atom. The van der Waals surface area contributed by atoms with Gasteiger partial charge in [0.15, 0.2) is 5.13 Å². The molecule has 1 amide bonds. The van der Waals surface area contributed by atoms with Gasteiger partial charge in [0, 0.05) is 55.8 Å². The molecule has 5 rings (SSSR count). The van der Waals surface area contributed by atoms with Crippen LogP contribution in [0.3, 0.4) is 0 Å². The van der Waals surface area contributed by atoms with Crippen molar-refractivity contribution in [2.45, 2.75) is 51.9 Å². The Kier molecular flexibility index (Phi) is 10.3. The number of anilines is 2. The van der Waals surface area contributed by atoms with Crippen molar-refractivity contribution in [1.29, 1.82) is 0 Å². The summed E-state index contributed by atoms with van der Waals surface area (Å²) in [6, 6.07) is 2.63. The van der Waals surface area contributed by atoms with E-state index in [1.165, 1.54) is 12.4 Å². The van der Waals surface area contributed by atoms with Crippen LogP contribution in [0.5, 0.6) is 0 Å². The Morgan fingerprint density at radius 2 is 1.87 bits per heavy atom. The van der Waals surface area contributed by atoms with Gasteiger partial charge in [-0.3, -0.25) is 24.7 Å². The van der Waals surface area contributed by atoms with E-state index in [0.29, 0.717) is 56.0 Å². The van der Waals surface area contributed by atoms with Crippen molar-refractivity contribution in [2.24, 2.45) is 0 Å². The molecule has 15 heteroatoms. The maximum atomic E-state index is 14.3. The summed E-state index contributed by atoms with van der Waals surface area (Å²) >= 11 is 1.14. The molecule has 1 N–H and O–H groups in total. The summed E-state index contributed by atoms with van der Waals surface area (Å²) in [5.74, 6) is -1.20. The van der Waals surface area contributed by atoms with Crippen molar-refractivity contribution in [3.63, 3.8) is 0 Å². The molecule has 45 heavy (non-hydrogen) atoms.